The predicted molar refractivity (Wildman–Crippen MR) is 65.4 cm³/mol. The molecular weight excluding hydrogens is 270 g/mol. The summed E-state index contributed by atoms with van der Waals surface area (Å²) < 4.78 is 0.501. The molecular formula is C11H14BrN3O. The molecule has 0 radical (unpaired) electrons. The quantitative estimate of drug-likeness (QED) is 0.890. The normalized spacial score (nSPS) is 21.8. The second-order valence-corrected chi connectivity index (χ2v) is 5.68. The summed E-state index contributed by atoms with van der Waals surface area (Å²) in [4.78, 5) is 18.0. The lowest BCUT2D eigenvalue weighted by Gasteiger charge is -2.15. The first-order valence-electron chi connectivity index (χ1n) is 5.68. The Kier molecular flexibility index (Phi) is 2.31. The monoisotopic (exact) mass is 283 g/mol. The maximum atomic E-state index is 11.3. The molecule has 86 valence electrons. The average molecular weight is 284 g/mol. The SMILES string of the molecule is O=c1[nH]cnc(NCC2(C3CC3)CC2)c1Br. The van der Waals surface area contributed by atoms with Crippen molar-refractivity contribution in [3.63, 3.8) is 0 Å². The lowest BCUT2D eigenvalue weighted by atomic mass is 10.0. The van der Waals surface area contributed by atoms with Crippen LogP contribution < -0.4 is 10.9 Å². The van der Waals surface area contributed by atoms with Crippen molar-refractivity contribution in [1.82, 2.24) is 9.97 Å². The summed E-state index contributed by atoms with van der Waals surface area (Å²) in [5, 5.41) is 3.30. The number of aromatic amines is 1. The van der Waals surface area contributed by atoms with E-state index in [0.29, 0.717) is 15.7 Å². The van der Waals surface area contributed by atoms with E-state index in [1.807, 2.05) is 0 Å². The summed E-state index contributed by atoms with van der Waals surface area (Å²) in [6.07, 6.45) is 6.85. The van der Waals surface area contributed by atoms with Crippen molar-refractivity contribution in [1.29, 1.82) is 0 Å². The summed E-state index contributed by atoms with van der Waals surface area (Å²) >= 11 is 3.25. The largest absolute Gasteiger partial charge is 0.368 e. The number of rotatable bonds is 4. The van der Waals surface area contributed by atoms with E-state index in [2.05, 4.69) is 31.2 Å². The molecule has 5 heteroatoms. The van der Waals surface area contributed by atoms with Gasteiger partial charge >= 0.3 is 0 Å². The van der Waals surface area contributed by atoms with Gasteiger partial charge in [0.05, 0.1) is 6.33 Å². The van der Waals surface area contributed by atoms with Gasteiger partial charge in [-0.3, -0.25) is 4.79 Å². The molecule has 2 aliphatic carbocycles. The Hall–Kier alpha value is -0.840. The van der Waals surface area contributed by atoms with Crippen molar-refractivity contribution in [2.24, 2.45) is 11.3 Å². The molecule has 0 spiro atoms. The molecule has 0 aromatic carbocycles. The Labute approximate surface area is 102 Å². The fraction of sp³-hybridized carbons (Fsp3) is 0.636. The van der Waals surface area contributed by atoms with Gasteiger partial charge in [-0.15, -0.1) is 0 Å². The first-order chi connectivity index (χ1) is 7.71. The van der Waals surface area contributed by atoms with Gasteiger partial charge in [0.25, 0.3) is 5.56 Å². The van der Waals surface area contributed by atoms with Gasteiger partial charge in [-0.25, -0.2) is 4.98 Å². The molecule has 2 fully saturated rings. The van der Waals surface area contributed by atoms with Crippen LogP contribution in [0.1, 0.15) is 25.7 Å². The number of halogens is 1. The molecule has 2 aliphatic rings. The molecule has 0 aliphatic heterocycles. The lowest BCUT2D eigenvalue weighted by Crippen LogP contribution is -2.20. The van der Waals surface area contributed by atoms with Crippen molar-refractivity contribution in [3.05, 3.63) is 21.2 Å². The number of anilines is 1. The van der Waals surface area contributed by atoms with Gasteiger partial charge in [0.2, 0.25) is 0 Å². The van der Waals surface area contributed by atoms with Crippen LogP contribution in [0.3, 0.4) is 0 Å². The highest BCUT2D eigenvalue weighted by Crippen LogP contribution is 2.61. The van der Waals surface area contributed by atoms with Crippen LogP contribution in [0.5, 0.6) is 0 Å². The molecule has 1 aromatic heterocycles. The maximum Gasteiger partial charge on any atom is 0.267 e. The second kappa shape index (κ2) is 3.58. The number of hydrogen-bond acceptors (Lipinski definition) is 3. The molecule has 0 atom stereocenters. The van der Waals surface area contributed by atoms with E-state index in [4.69, 9.17) is 0 Å². The van der Waals surface area contributed by atoms with Crippen LogP contribution in [0, 0.1) is 11.3 Å². The van der Waals surface area contributed by atoms with E-state index >= 15 is 0 Å². The summed E-state index contributed by atoms with van der Waals surface area (Å²) in [5.41, 5.74) is 0.387. The van der Waals surface area contributed by atoms with E-state index < -0.39 is 0 Å². The van der Waals surface area contributed by atoms with Crippen molar-refractivity contribution in [2.75, 3.05) is 11.9 Å². The van der Waals surface area contributed by atoms with Crippen LogP contribution >= 0.6 is 15.9 Å². The number of nitrogens with zero attached hydrogens (tertiary/aromatic N) is 1. The number of aromatic nitrogens is 2. The predicted octanol–water partition coefficient (Wildman–Crippen LogP) is 2.13. The fourth-order valence-electron chi connectivity index (χ4n) is 2.35. The van der Waals surface area contributed by atoms with Gasteiger partial charge in [-0.05, 0) is 52.9 Å². The zero-order valence-electron chi connectivity index (χ0n) is 8.92. The molecule has 0 saturated heterocycles. The van der Waals surface area contributed by atoms with E-state index in [9.17, 15) is 4.79 Å². The number of H-pyrrole nitrogens is 1. The molecule has 2 saturated carbocycles. The third kappa shape index (κ3) is 1.77. The summed E-state index contributed by atoms with van der Waals surface area (Å²) in [7, 11) is 0. The van der Waals surface area contributed by atoms with Crippen LogP contribution in [0.2, 0.25) is 0 Å². The molecule has 0 unspecified atom stereocenters. The molecule has 1 aromatic rings. The van der Waals surface area contributed by atoms with Gasteiger partial charge < -0.3 is 10.3 Å². The van der Waals surface area contributed by atoms with Crippen molar-refractivity contribution >= 4 is 21.7 Å². The smallest absolute Gasteiger partial charge is 0.267 e. The Morgan fingerprint density at radius 3 is 2.94 bits per heavy atom. The maximum absolute atomic E-state index is 11.3. The standard InChI is InChI=1S/C11H14BrN3O/c12-8-9(14-6-15-10(8)16)13-5-11(3-4-11)7-1-2-7/h6-7H,1-5H2,(H2,13,14,15,16). The van der Waals surface area contributed by atoms with Crippen LogP contribution in [-0.4, -0.2) is 16.5 Å². The molecule has 2 N–H and O–H groups in total. The van der Waals surface area contributed by atoms with Gasteiger partial charge in [0, 0.05) is 6.54 Å². The Morgan fingerprint density at radius 1 is 1.56 bits per heavy atom. The van der Waals surface area contributed by atoms with Crippen molar-refractivity contribution in [3.8, 4) is 0 Å². The van der Waals surface area contributed by atoms with Crippen LogP contribution in [-0.2, 0) is 0 Å². The molecule has 3 rings (SSSR count). The number of nitrogens with one attached hydrogen (secondary N) is 2. The fourth-order valence-corrected chi connectivity index (χ4v) is 2.71. The van der Waals surface area contributed by atoms with Gasteiger partial charge in [0.15, 0.2) is 0 Å². The first-order valence-corrected chi connectivity index (χ1v) is 6.48. The minimum absolute atomic E-state index is 0.131. The second-order valence-electron chi connectivity index (χ2n) is 4.88. The molecule has 4 nitrogen and oxygen atoms in total. The summed E-state index contributed by atoms with van der Waals surface area (Å²) in [5.74, 6) is 1.58. The Bertz CT molecular complexity index is 463. The van der Waals surface area contributed by atoms with Gasteiger partial charge in [0.1, 0.15) is 10.3 Å². The molecule has 0 bridgehead atoms. The molecule has 0 amide bonds. The zero-order chi connectivity index (χ0) is 11.2. The van der Waals surface area contributed by atoms with Crippen molar-refractivity contribution < 1.29 is 0 Å². The lowest BCUT2D eigenvalue weighted by molar-refractivity contribution is 0.466. The summed E-state index contributed by atoms with van der Waals surface area (Å²) in [6, 6.07) is 0. The Morgan fingerprint density at radius 2 is 2.31 bits per heavy atom. The zero-order valence-corrected chi connectivity index (χ0v) is 10.5. The third-order valence-corrected chi connectivity index (χ3v) is 4.48. The van der Waals surface area contributed by atoms with Crippen LogP contribution in [0.4, 0.5) is 5.82 Å². The third-order valence-electron chi connectivity index (χ3n) is 3.74. The van der Waals surface area contributed by atoms with E-state index in [-0.39, 0.29) is 5.56 Å². The Balaban J connectivity index is 1.70. The topological polar surface area (TPSA) is 57.8 Å². The van der Waals surface area contributed by atoms with Crippen molar-refractivity contribution in [2.45, 2.75) is 25.7 Å². The van der Waals surface area contributed by atoms with Gasteiger partial charge in [-0.2, -0.15) is 0 Å². The minimum Gasteiger partial charge on any atom is -0.368 e. The van der Waals surface area contributed by atoms with Crippen LogP contribution in [0.15, 0.2) is 15.6 Å². The van der Waals surface area contributed by atoms with Gasteiger partial charge in [-0.1, -0.05) is 0 Å². The molecule has 16 heavy (non-hydrogen) atoms. The van der Waals surface area contributed by atoms with E-state index in [1.54, 1.807) is 0 Å². The number of hydrogen-bond donors (Lipinski definition) is 2. The highest BCUT2D eigenvalue weighted by Gasteiger charge is 2.53. The highest BCUT2D eigenvalue weighted by atomic mass is 79.9. The molecule has 1 heterocycles. The summed E-state index contributed by atoms with van der Waals surface area (Å²) in [6.45, 7) is 0.951. The minimum atomic E-state index is -0.131. The van der Waals surface area contributed by atoms with Crippen LogP contribution in [0.25, 0.3) is 0 Å². The van der Waals surface area contributed by atoms with E-state index in [0.717, 1.165) is 12.5 Å². The highest BCUT2D eigenvalue weighted by molar-refractivity contribution is 9.10. The average Bonchev–Trinajstić information content (AvgIpc) is 3.14. The first kappa shape index (κ1) is 10.3. The van der Waals surface area contributed by atoms with E-state index in [1.165, 1.54) is 32.0 Å².